The van der Waals surface area contributed by atoms with E-state index in [1.807, 2.05) is 0 Å². The molecule has 0 saturated carbocycles. The van der Waals surface area contributed by atoms with Crippen molar-refractivity contribution in [3.63, 3.8) is 0 Å². The van der Waals surface area contributed by atoms with Crippen LogP contribution in [-0.2, 0) is 23.9 Å². The molecule has 0 unspecified atom stereocenters. The second-order valence-electron chi connectivity index (χ2n) is 3.69. The predicted molar refractivity (Wildman–Crippen MR) is 64.8 cm³/mol. The summed E-state index contributed by atoms with van der Waals surface area (Å²) in [5.41, 5.74) is 0. The SMILES string of the molecule is CC(=O)C(=CC=CC=O)OCC(C(C)=O)C(C)=O. The fourth-order valence-electron chi connectivity index (χ4n) is 1.15. The molecule has 0 amide bonds. The number of ether oxygens (including phenoxy) is 1. The highest BCUT2D eigenvalue weighted by molar-refractivity contribution is 6.00. The molecule has 0 radical (unpaired) electrons. The topological polar surface area (TPSA) is 77.5 Å². The van der Waals surface area contributed by atoms with Gasteiger partial charge < -0.3 is 4.74 Å². The van der Waals surface area contributed by atoms with Crippen LogP contribution in [0.4, 0.5) is 0 Å². The minimum absolute atomic E-state index is 0.000556. The Balaban J connectivity index is 4.71. The molecule has 0 aliphatic rings. The summed E-state index contributed by atoms with van der Waals surface area (Å²) >= 11 is 0. The Morgan fingerprint density at radius 3 is 2.00 bits per heavy atom. The number of ketones is 3. The van der Waals surface area contributed by atoms with Crippen LogP contribution in [0.15, 0.2) is 24.0 Å². The zero-order chi connectivity index (χ0) is 14.1. The molecule has 0 aromatic rings. The Morgan fingerprint density at radius 2 is 1.61 bits per heavy atom. The lowest BCUT2D eigenvalue weighted by Crippen LogP contribution is -2.25. The van der Waals surface area contributed by atoms with Crippen molar-refractivity contribution in [2.45, 2.75) is 20.8 Å². The molecule has 0 atom stereocenters. The van der Waals surface area contributed by atoms with Crippen molar-refractivity contribution in [3.05, 3.63) is 24.0 Å². The zero-order valence-corrected chi connectivity index (χ0v) is 10.6. The van der Waals surface area contributed by atoms with Gasteiger partial charge in [0.05, 0.1) is 0 Å². The average Bonchev–Trinajstić information content (AvgIpc) is 2.25. The summed E-state index contributed by atoms with van der Waals surface area (Å²) < 4.78 is 5.14. The molecule has 0 fully saturated rings. The molecule has 0 aromatic heterocycles. The molecular formula is C13H16O5. The van der Waals surface area contributed by atoms with Gasteiger partial charge in [-0.3, -0.25) is 19.2 Å². The van der Waals surface area contributed by atoms with Gasteiger partial charge in [-0.15, -0.1) is 0 Å². The summed E-state index contributed by atoms with van der Waals surface area (Å²) in [5, 5.41) is 0. The first-order valence-corrected chi connectivity index (χ1v) is 5.37. The quantitative estimate of drug-likeness (QED) is 0.212. The van der Waals surface area contributed by atoms with Crippen LogP contribution >= 0.6 is 0 Å². The maximum Gasteiger partial charge on any atom is 0.194 e. The lowest BCUT2D eigenvalue weighted by atomic mass is 10.0. The number of carbonyl (C=O) groups excluding carboxylic acids is 4. The van der Waals surface area contributed by atoms with Crippen molar-refractivity contribution < 1.29 is 23.9 Å². The number of hydrogen-bond acceptors (Lipinski definition) is 5. The molecule has 0 bridgehead atoms. The van der Waals surface area contributed by atoms with Crippen molar-refractivity contribution in [1.82, 2.24) is 0 Å². The highest BCUT2D eigenvalue weighted by Gasteiger charge is 2.21. The largest absolute Gasteiger partial charge is 0.489 e. The summed E-state index contributed by atoms with van der Waals surface area (Å²) in [4.78, 5) is 43.6. The monoisotopic (exact) mass is 252 g/mol. The fraction of sp³-hybridized carbons (Fsp3) is 0.385. The minimum Gasteiger partial charge on any atom is -0.489 e. The summed E-state index contributed by atoms with van der Waals surface area (Å²) in [5.74, 6) is -1.84. The Bertz CT molecular complexity index is 390. The lowest BCUT2D eigenvalue weighted by molar-refractivity contribution is -0.133. The first-order chi connectivity index (χ1) is 8.40. The fourth-order valence-corrected chi connectivity index (χ4v) is 1.15. The van der Waals surface area contributed by atoms with E-state index in [-0.39, 0.29) is 29.7 Å². The van der Waals surface area contributed by atoms with Crippen LogP contribution in [0.1, 0.15) is 20.8 Å². The molecule has 0 spiro atoms. The van der Waals surface area contributed by atoms with Crippen LogP contribution < -0.4 is 0 Å². The van der Waals surface area contributed by atoms with Gasteiger partial charge in [-0.2, -0.15) is 0 Å². The molecule has 0 saturated heterocycles. The third-order valence-electron chi connectivity index (χ3n) is 2.17. The van der Waals surface area contributed by atoms with Crippen molar-refractivity contribution in [2.24, 2.45) is 5.92 Å². The Morgan fingerprint density at radius 1 is 1.06 bits per heavy atom. The predicted octanol–water partition coefficient (Wildman–Crippen LogP) is 1.03. The van der Waals surface area contributed by atoms with Crippen LogP contribution in [0, 0.1) is 5.92 Å². The Labute approximate surface area is 105 Å². The van der Waals surface area contributed by atoms with Gasteiger partial charge in [0.2, 0.25) is 0 Å². The first-order valence-electron chi connectivity index (χ1n) is 5.37. The Kier molecular flexibility index (Phi) is 7.19. The molecule has 98 valence electrons. The van der Waals surface area contributed by atoms with E-state index in [2.05, 4.69) is 0 Å². The molecule has 0 N–H and O–H groups in total. The van der Waals surface area contributed by atoms with Crippen LogP contribution in [-0.4, -0.2) is 30.2 Å². The van der Waals surface area contributed by atoms with Gasteiger partial charge in [0.15, 0.2) is 11.5 Å². The molecule has 0 heterocycles. The minimum atomic E-state index is -0.872. The normalized spacial score (nSPS) is 11.7. The first kappa shape index (κ1) is 16.0. The van der Waals surface area contributed by atoms with Crippen LogP contribution in [0.3, 0.4) is 0 Å². The summed E-state index contributed by atoms with van der Waals surface area (Å²) in [6.45, 7) is 3.69. The van der Waals surface area contributed by atoms with Gasteiger partial charge in [-0.05, 0) is 26.0 Å². The molecule has 0 aliphatic heterocycles. The number of carbonyl (C=O) groups is 4. The number of aldehydes is 1. The molecule has 5 heteroatoms. The maximum absolute atomic E-state index is 11.2. The second-order valence-corrected chi connectivity index (χ2v) is 3.69. The van der Waals surface area contributed by atoms with E-state index in [4.69, 9.17) is 4.74 Å². The lowest BCUT2D eigenvalue weighted by Gasteiger charge is -2.12. The average molecular weight is 252 g/mol. The number of hydrogen-bond donors (Lipinski definition) is 0. The second kappa shape index (κ2) is 8.11. The molecule has 0 rings (SSSR count). The van der Waals surface area contributed by atoms with E-state index < -0.39 is 5.92 Å². The van der Waals surface area contributed by atoms with E-state index in [1.165, 1.54) is 39.0 Å². The smallest absolute Gasteiger partial charge is 0.194 e. The van der Waals surface area contributed by atoms with Gasteiger partial charge in [-0.1, -0.05) is 6.08 Å². The zero-order valence-electron chi connectivity index (χ0n) is 10.6. The molecule has 0 aliphatic carbocycles. The van der Waals surface area contributed by atoms with E-state index in [0.29, 0.717) is 6.29 Å². The van der Waals surface area contributed by atoms with Crippen LogP contribution in [0.2, 0.25) is 0 Å². The van der Waals surface area contributed by atoms with Crippen molar-refractivity contribution >= 4 is 23.6 Å². The van der Waals surface area contributed by atoms with E-state index in [9.17, 15) is 19.2 Å². The molecular weight excluding hydrogens is 236 g/mol. The van der Waals surface area contributed by atoms with Crippen LogP contribution in [0.5, 0.6) is 0 Å². The summed E-state index contributed by atoms with van der Waals surface area (Å²) in [7, 11) is 0. The van der Waals surface area contributed by atoms with Crippen molar-refractivity contribution in [3.8, 4) is 0 Å². The number of allylic oxidation sites excluding steroid dienone is 4. The van der Waals surface area contributed by atoms with E-state index in [1.54, 1.807) is 0 Å². The number of rotatable bonds is 8. The highest BCUT2D eigenvalue weighted by atomic mass is 16.5. The third-order valence-corrected chi connectivity index (χ3v) is 2.17. The van der Waals surface area contributed by atoms with Gasteiger partial charge in [0.25, 0.3) is 0 Å². The molecule has 0 aromatic carbocycles. The van der Waals surface area contributed by atoms with Crippen molar-refractivity contribution in [2.75, 3.05) is 6.61 Å². The number of Topliss-reactive ketones (excluding diaryl/α,β-unsaturated/α-hetero) is 3. The van der Waals surface area contributed by atoms with Gasteiger partial charge >= 0.3 is 0 Å². The van der Waals surface area contributed by atoms with E-state index >= 15 is 0 Å². The summed E-state index contributed by atoms with van der Waals surface area (Å²) in [6, 6.07) is 0. The van der Waals surface area contributed by atoms with E-state index in [0.717, 1.165) is 0 Å². The highest BCUT2D eigenvalue weighted by Crippen LogP contribution is 2.07. The Hall–Kier alpha value is -2.04. The van der Waals surface area contributed by atoms with Gasteiger partial charge in [-0.25, -0.2) is 0 Å². The molecule has 5 nitrogen and oxygen atoms in total. The third kappa shape index (κ3) is 5.89. The van der Waals surface area contributed by atoms with Gasteiger partial charge in [0, 0.05) is 6.92 Å². The standard InChI is InChI=1S/C13H16O5/c1-9(15)12(10(2)16)8-18-13(11(3)17)6-4-5-7-14/h4-7,12H,8H2,1-3H3. The van der Waals surface area contributed by atoms with Crippen LogP contribution in [0.25, 0.3) is 0 Å². The van der Waals surface area contributed by atoms with Gasteiger partial charge in [0.1, 0.15) is 30.4 Å². The molecule has 18 heavy (non-hydrogen) atoms. The summed E-state index contributed by atoms with van der Waals surface area (Å²) in [6.07, 6.45) is 4.41. The maximum atomic E-state index is 11.2. The van der Waals surface area contributed by atoms with Crippen molar-refractivity contribution in [1.29, 1.82) is 0 Å².